The van der Waals surface area contributed by atoms with Gasteiger partial charge in [0.2, 0.25) is 0 Å². The van der Waals surface area contributed by atoms with Crippen molar-refractivity contribution in [2.45, 2.75) is 20.8 Å². The number of rotatable bonds is 7. The Morgan fingerprint density at radius 3 is 2.29 bits per heavy atom. The second kappa shape index (κ2) is 9.80. The molecule has 3 aromatic rings. The summed E-state index contributed by atoms with van der Waals surface area (Å²) in [5.41, 5.74) is 4.86. The number of hydrogen-bond acceptors (Lipinski definition) is 4. The molecule has 0 fully saturated rings. The number of anilines is 2. The van der Waals surface area contributed by atoms with Gasteiger partial charge in [-0.15, -0.1) is 0 Å². The molecule has 2 amide bonds. The minimum absolute atomic E-state index is 0.0974. The minimum Gasteiger partial charge on any atom is -0.495 e. The van der Waals surface area contributed by atoms with Gasteiger partial charge < -0.3 is 20.1 Å². The first-order valence-corrected chi connectivity index (χ1v) is 9.92. The fourth-order valence-corrected chi connectivity index (χ4v) is 3.14. The minimum atomic E-state index is -0.273. The number of aryl methyl sites for hydroxylation is 2. The zero-order valence-corrected chi connectivity index (χ0v) is 18.1. The molecule has 2 N–H and O–H groups in total. The average Bonchev–Trinajstić information content (AvgIpc) is 2.76. The van der Waals surface area contributed by atoms with Gasteiger partial charge in [0.25, 0.3) is 11.8 Å². The highest BCUT2D eigenvalue weighted by atomic mass is 16.5. The van der Waals surface area contributed by atoms with Crippen molar-refractivity contribution in [1.29, 1.82) is 0 Å². The molecular formula is C25H26N2O4. The highest BCUT2D eigenvalue weighted by Crippen LogP contribution is 2.24. The third-order valence-electron chi connectivity index (χ3n) is 4.91. The summed E-state index contributed by atoms with van der Waals surface area (Å²) < 4.78 is 10.9. The molecule has 0 bridgehead atoms. The summed E-state index contributed by atoms with van der Waals surface area (Å²) in [5.74, 6) is 0.746. The molecule has 0 saturated carbocycles. The van der Waals surface area contributed by atoms with Crippen molar-refractivity contribution in [3.8, 4) is 11.5 Å². The van der Waals surface area contributed by atoms with E-state index in [1.165, 1.54) is 0 Å². The van der Waals surface area contributed by atoms with Crippen LogP contribution in [0.4, 0.5) is 11.4 Å². The van der Waals surface area contributed by atoms with E-state index >= 15 is 0 Å². The Hall–Kier alpha value is -3.80. The van der Waals surface area contributed by atoms with Crippen molar-refractivity contribution < 1.29 is 19.1 Å². The lowest BCUT2D eigenvalue weighted by molar-refractivity contribution is -0.118. The molecule has 6 heteroatoms. The number of nitrogens with one attached hydrogen (secondary N) is 2. The van der Waals surface area contributed by atoms with Gasteiger partial charge in [-0.05, 0) is 79.9 Å². The van der Waals surface area contributed by atoms with Gasteiger partial charge in [0.05, 0.1) is 12.8 Å². The Morgan fingerprint density at radius 2 is 1.58 bits per heavy atom. The van der Waals surface area contributed by atoms with Gasteiger partial charge in [0.1, 0.15) is 11.5 Å². The molecule has 3 aromatic carbocycles. The van der Waals surface area contributed by atoms with E-state index in [-0.39, 0.29) is 18.4 Å². The van der Waals surface area contributed by atoms with Crippen molar-refractivity contribution in [1.82, 2.24) is 0 Å². The third kappa shape index (κ3) is 5.63. The van der Waals surface area contributed by atoms with Crippen LogP contribution in [0.5, 0.6) is 11.5 Å². The molecule has 0 aliphatic rings. The summed E-state index contributed by atoms with van der Waals surface area (Å²) in [4.78, 5) is 24.8. The van der Waals surface area contributed by atoms with Gasteiger partial charge in [0, 0.05) is 11.3 Å². The Labute approximate surface area is 182 Å². The standard InChI is InChI=1S/C25H26N2O4/c1-16-13-17(2)18(3)23(14-16)31-15-24(28)26-20-11-9-19(10-12-20)25(29)27-21-7-5-6-8-22(21)30-4/h5-14H,15H2,1-4H3,(H,26,28)(H,27,29). The number of ether oxygens (including phenoxy) is 2. The molecule has 31 heavy (non-hydrogen) atoms. The van der Waals surface area contributed by atoms with Crippen LogP contribution in [0.25, 0.3) is 0 Å². The molecule has 0 aliphatic heterocycles. The van der Waals surface area contributed by atoms with Crippen LogP contribution in [0, 0.1) is 20.8 Å². The van der Waals surface area contributed by atoms with E-state index in [2.05, 4.69) is 16.7 Å². The Balaban J connectivity index is 1.57. The van der Waals surface area contributed by atoms with Gasteiger partial charge in [-0.3, -0.25) is 9.59 Å². The molecule has 0 unspecified atom stereocenters. The van der Waals surface area contributed by atoms with Crippen LogP contribution in [0.1, 0.15) is 27.0 Å². The molecule has 0 saturated heterocycles. The van der Waals surface area contributed by atoms with Crippen molar-refractivity contribution in [3.63, 3.8) is 0 Å². The largest absolute Gasteiger partial charge is 0.495 e. The van der Waals surface area contributed by atoms with E-state index in [0.29, 0.717) is 28.4 Å². The zero-order valence-electron chi connectivity index (χ0n) is 18.1. The quantitative estimate of drug-likeness (QED) is 0.573. The van der Waals surface area contributed by atoms with E-state index in [9.17, 15) is 9.59 Å². The monoisotopic (exact) mass is 418 g/mol. The number of amides is 2. The van der Waals surface area contributed by atoms with Gasteiger partial charge in [-0.25, -0.2) is 0 Å². The summed E-state index contributed by atoms with van der Waals surface area (Å²) in [6.07, 6.45) is 0. The van der Waals surface area contributed by atoms with E-state index in [1.54, 1.807) is 43.5 Å². The second-order valence-electron chi connectivity index (χ2n) is 7.27. The van der Waals surface area contributed by atoms with Crippen LogP contribution >= 0.6 is 0 Å². The lowest BCUT2D eigenvalue weighted by Gasteiger charge is -2.13. The fraction of sp³-hybridized carbons (Fsp3) is 0.200. The molecule has 0 radical (unpaired) electrons. The average molecular weight is 418 g/mol. The van der Waals surface area contributed by atoms with Crippen molar-refractivity contribution in [3.05, 3.63) is 82.9 Å². The van der Waals surface area contributed by atoms with Crippen molar-refractivity contribution in [2.75, 3.05) is 24.4 Å². The maximum Gasteiger partial charge on any atom is 0.262 e. The van der Waals surface area contributed by atoms with E-state index < -0.39 is 0 Å². The number of carbonyl (C=O) groups excluding carboxylic acids is 2. The summed E-state index contributed by atoms with van der Waals surface area (Å²) in [6.45, 7) is 5.88. The van der Waals surface area contributed by atoms with E-state index in [1.807, 2.05) is 39.0 Å². The molecule has 160 valence electrons. The molecular weight excluding hydrogens is 392 g/mol. The number of para-hydroxylation sites is 2. The normalized spacial score (nSPS) is 10.3. The number of hydrogen-bond donors (Lipinski definition) is 2. The SMILES string of the molecule is COc1ccccc1NC(=O)c1ccc(NC(=O)COc2cc(C)cc(C)c2C)cc1. The number of carbonyl (C=O) groups is 2. The maximum atomic E-state index is 12.5. The summed E-state index contributed by atoms with van der Waals surface area (Å²) in [5, 5.41) is 5.60. The zero-order chi connectivity index (χ0) is 22.4. The van der Waals surface area contributed by atoms with Crippen LogP contribution in [0.3, 0.4) is 0 Å². The molecule has 0 atom stereocenters. The fourth-order valence-electron chi connectivity index (χ4n) is 3.14. The van der Waals surface area contributed by atoms with E-state index in [4.69, 9.17) is 9.47 Å². The first kappa shape index (κ1) is 21.9. The van der Waals surface area contributed by atoms with Gasteiger partial charge >= 0.3 is 0 Å². The molecule has 0 aliphatic carbocycles. The lowest BCUT2D eigenvalue weighted by Crippen LogP contribution is -2.20. The highest BCUT2D eigenvalue weighted by molar-refractivity contribution is 6.05. The van der Waals surface area contributed by atoms with Gasteiger partial charge in [-0.2, -0.15) is 0 Å². The summed E-state index contributed by atoms with van der Waals surface area (Å²) in [6, 6.07) is 17.8. The highest BCUT2D eigenvalue weighted by Gasteiger charge is 2.11. The first-order valence-electron chi connectivity index (χ1n) is 9.92. The predicted molar refractivity (Wildman–Crippen MR) is 122 cm³/mol. The molecule has 3 rings (SSSR count). The Morgan fingerprint density at radius 1 is 0.871 bits per heavy atom. The third-order valence-corrected chi connectivity index (χ3v) is 4.91. The van der Waals surface area contributed by atoms with Crippen LogP contribution in [0.15, 0.2) is 60.7 Å². The summed E-state index contributed by atoms with van der Waals surface area (Å²) in [7, 11) is 1.55. The molecule has 0 spiro atoms. The smallest absolute Gasteiger partial charge is 0.262 e. The van der Waals surface area contributed by atoms with E-state index in [0.717, 1.165) is 16.7 Å². The Kier molecular flexibility index (Phi) is 6.92. The van der Waals surface area contributed by atoms with Gasteiger partial charge in [0.15, 0.2) is 6.61 Å². The van der Waals surface area contributed by atoms with Crippen LogP contribution < -0.4 is 20.1 Å². The van der Waals surface area contributed by atoms with Crippen molar-refractivity contribution >= 4 is 23.2 Å². The molecule has 6 nitrogen and oxygen atoms in total. The van der Waals surface area contributed by atoms with Crippen LogP contribution in [-0.2, 0) is 4.79 Å². The lowest BCUT2D eigenvalue weighted by atomic mass is 10.1. The molecule has 0 heterocycles. The summed E-state index contributed by atoms with van der Waals surface area (Å²) >= 11 is 0. The van der Waals surface area contributed by atoms with Crippen LogP contribution in [-0.4, -0.2) is 25.5 Å². The number of methoxy groups -OCH3 is 1. The predicted octanol–water partition coefficient (Wildman–Crippen LogP) is 4.89. The van der Waals surface area contributed by atoms with Gasteiger partial charge in [-0.1, -0.05) is 18.2 Å². The Bertz CT molecular complexity index is 1090. The molecule has 0 aromatic heterocycles. The van der Waals surface area contributed by atoms with Crippen molar-refractivity contribution in [2.24, 2.45) is 0 Å². The second-order valence-corrected chi connectivity index (χ2v) is 7.27. The number of benzene rings is 3. The van der Waals surface area contributed by atoms with Crippen LogP contribution in [0.2, 0.25) is 0 Å². The maximum absolute atomic E-state index is 12.5. The first-order chi connectivity index (χ1) is 14.9. The topological polar surface area (TPSA) is 76.7 Å².